The van der Waals surface area contributed by atoms with E-state index in [1.807, 2.05) is 44.2 Å². The molecule has 1 heterocycles. The second kappa shape index (κ2) is 10.2. The van der Waals surface area contributed by atoms with Crippen molar-refractivity contribution in [2.75, 3.05) is 13.2 Å². The maximum Gasteiger partial charge on any atom is 0.264 e. The highest BCUT2D eigenvalue weighted by Crippen LogP contribution is 2.38. The summed E-state index contributed by atoms with van der Waals surface area (Å²) in [5.41, 5.74) is 2.38. The quantitative estimate of drug-likeness (QED) is 0.355. The highest BCUT2D eigenvalue weighted by atomic mass is 79.9. The SMILES string of the molecule is C=CCOc1c(Br)cc(/C=C2/SC(=Nc3cccc(Cl)c3C)NC2=O)cc1OCC. The Bertz CT molecular complexity index is 1050. The molecule has 0 aromatic heterocycles. The molecule has 8 heteroatoms. The van der Waals surface area contributed by atoms with Gasteiger partial charge >= 0.3 is 0 Å². The molecule has 0 radical (unpaired) electrons. The first-order chi connectivity index (χ1) is 14.4. The summed E-state index contributed by atoms with van der Waals surface area (Å²) < 4.78 is 12.1. The zero-order valence-electron chi connectivity index (χ0n) is 16.5. The van der Waals surface area contributed by atoms with Crippen molar-refractivity contribution in [3.05, 3.63) is 68.5 Å². The fourth-order valence-corrected chi connectivity index (χ4v) is 4.25. The Labute approximate surface area is 193 Å². The van der Waals surface area contributed by atoms with Crippen LogP contribution in [-0.2, 0) is 4.79 Å². The summed E-state index contributed by atoms with van der Waals surface area (Å²) in [6, 6.07) is 9.20. The van der Waals surface area contributed by atoms with Crippen LogP contribution in [0.5, 0.6) is 11.5 Å². The number of carbonyl (C=O) groups excluding carboxylic acids is 1. The molecule has 1 N–H and O–H groups in total. The van der Waals surface area contributed by atoms with Gasteiger partial charge in [-0.1, -0.05) is 30.3 Å². The van der Waals surface area contributed by atoms with E-state index in [2.05, 4.69) is 32.8 Å². The Hall–Kier alpha value is -2.22. The average Bonchev–Trinajstić information content (AvgIpc) is 3.04. The van der Waals surface area contributed by atoms with Gasteiger partial charge < -0.3 is 14.8 Å². The van der Waals surface area contributed by atoms with Gasteiger partial charge in [0.05, 0.1) is 21.7 Å². The van der Waals surface area contributed by atoms with Crippen LogP contribution in [0.25, 0.3) is 6.08 Å². The number of ether oxygens (including phenoxy) is 2. The third-order valence-corrected chi connectivity index (χ3v) is 6.00. The number of halogens is 2. The Kier molecular flexibility index (Phi) is 7.64. The van der Waals surface area contributed by atoms with Gasteiger partial charge in [-0.15, -0.1) is 0 Å². The molecule has 1 aliphatic heterocycles. The molecule has 1 amide bonds. The van der Waals surface area contributed by atoms with E-state index in [4.69, 9.17) is 21.1 Å². The molecule has 0 atom stereocenters. The number of aliphatic imine (C=N–C) groups is 1. The Balaban J connectivity index is 1.89. The summed E-state index contributed by atoms with van der Waals surface area (Å²) in [5.74, 6) is 0.980. The lowest BCUT2D eigenvalue weighted by atomic mass is 10.2. The first-order valence-corrected chi connectivity index (χ1v) is 11.2. The molecule has 0 saturated carbocycles. The minimum Gasteiger partial charge on any atom is -0.490 e. The zero-order chi connectivity index (χ0) is 21.7. The molecular weight excluding hydrogens is 488 g/mol. The maximum absolute atomic E-state index is 12.4. The Morgan fingerprint density at radius 2 is 2.13 bits per heavy atom. The molecule has 1 aliphatic rings. The normalized spacial score (nSPS) is 16.1. The van der Waals surface area contributed by atoms with Gasteiger partial charge in [-0.3, -0.25) is 4.79 Å². The fraction of sp³-hybridized carbons (Fsp3) is 0.182. The number of nitrogens with one attached hydrogen (secondary N) is 1. The molecule has 1 fully saturated rings. The van der Waals surface area contributed by atoms with E-state index in [1.54, 1.807) is 12.2 Å². The summed E-state index contributed by atoms with van der Waals surface area (Å²) in [7, 11) is 0. The molecule has 30 heavy (non-hydrogen) atoms. The van der Waals surface area contributed by atoms with Crippen molar-refractivity contribution in [1.29, 1.82) is 0 Å². The van der Waals surface area contributed by atoms with Gasteiger partial charge in [-0.2, -0.15) is 0 Å². The zero-order valence-corrected chi connectivity index (χ0v) is 19.7. The standard InChI is InChI=1S/C22H20BrClN2O3S/c1-4-9-29-20-15(23)10-14(11-18(20)28-5-2)12-19-21(27)26-22(30-19)25-17-8-6-7-16(24)13(17)3/h4,6-8,10-12H,1,5,9H2,2-3H3,(H,25,26,27)/b19-12+. The van der Waals surface area contributed by atoms with Crippen LogP contribution in [-0.4, -0.2) is 24.3 Å². The number of amides is 1. The largest absolute Gasteiger partial charge is 0.490 e. The summed E-state index contributed by atoms with van der Waals surface area (Å²) in [4.78, 5) is 17.5. The summed E-state index contributed by atoms with van der Waals surface area (Å²) in [6.45, 7) is 8.31. The number of hydrogen-bond donors (Lipinski definition) is 1. The van der Waals surface area contributed by atoms with Crippen LogP contribution in [0.15, 0.2) is 57.4 Å². The van der Waals surface area contributed by atoms with Crippen LogP contribution >= 0.6 is 39.3 Å². The van der Waals surface area contributed by atoms with Crippen molar-refractivity contribution < 1.29 is 14.3 Å². The van der Waals surface area contributed by atoms with Crippen molar-refractivity contribution in [3.63, 3.8) is 0 Å². The van der Waals surface area contributed by atoms with Gasteiger partial charge in [-0.05, 0) is 83.0 Å². The topological polar surface area (TPSA) is 59.9 Å². The summed E-state index contributed by atoms with van der Waals surface area (Å²) in [6.07, 6.45) is 3.46. The minimum atomic E-state index is -0.209. The van der Waals surface area contributed by atoms with Gasteiger partial charge in [-0.25, -0.2) is 4.99 Å². The maximum atomic E-state index is 12.4. The number of rotatable bonds is 7. The van der Waals surface area contributed by atoms with E-state index in [-0.39, 0.29) is 5.91 Å². The first kappa shape index (κ1) is 22.5. The fourth-order valence-electron chi connectivity index (χ4n) is 2.68. The van der Waals surface area contributed by atoms with E-state index >= 15 is 0 Å². The lowest BCUT2D eigenvalue weighted by molar-refractivity contribution is -0.115. The van der Waals surface area contributed by atoms with E-state index < -0.39 is 0 Å². The van der Waals surface area contributed by atoms with Crippen molar-refractivity contribution in [2.45, 2.75) is 13.8 Å². The second-order valence-corrected chi connectivity index (χ2v) is 8.52. The Morgan fingerprint density at radius 3 is 2.87 bits per heavy atom. The van der Waals surface area contributed by atoms with Gasteiger partial charge in [0.25, 0.3) is 5.91 Å². The van der Waals surface area contributed by atoms with E-state index in [0.29, 0.717) is 39.8 Å². The van der Waals surface area contributed by atoms with Crippen LogP contribution in [0, 0.1) is 6.92 Å². The van der Waals surface area contributed by atoms with Crippen LogP contribution in [0.1, 0.15) is 18.1 Å². The van der Waals surface area contributed by atoms with Gasteiger partial charge in [0.15, 0.2) is 16.7 Å². The molecule has 5 nitrogen and oxygen atoms in total. The molecule has 156 valence electrons. The highest BCUT2D eigenvalue weighted by molar-refractivity contribution is 9.10. The van der Waals surface area contributed by atoms with Crippen LogP contribution in [0.2, 0.25) is 5.02 Å². The molecule has 0 aliphatic carbocycles. The van der Waals surface area contributed by atoms with Gasteiger partial charge in [0.1, 0.15) is 6.61 Å². The number of hydrogen-bond acceptors (Lipinski definition) is 5. The van der Waals surface area contributed by atoms with Crippen LogP contribution < -0.4 is 14.8 Å². The highest BCUT2D eigenvalue weighted by Gasteiger charge is 2.24. The number of carbonyl (C=O) groups is 1. The lowest BCUT2D eigenvalue weighted by Gasteiger charge is -2.13. The van der Waals surface area contributed by atoms with Crippen LogP contribution in [0.4, 0.5) is 5.69 Å². The van der Waals surface area contributed by atoms with Crippen molar-refractivity contribution in [2.24, 2.45) is 4.99 Å². The van der Waals surface area contributed by atoms with Gasteiger partial charge in [0.2, 0.25) is 0 Å². The smallest absolute Gasteiger partial charge is 0.264 e. The van der Waals surface area contributed by atoms with E-state index in [9.17, 15) is 4.79 Å². The third kappa shape index (κ3) is 5.28. The Morgan fingerprint density at radius 1 is 1.33 bits per heavy atom. The minimum absolute atomic E-state index is 0.209. The van der Waals surface area contributed by atoms with Crippen molar-refractivity contribution in [3.8, 4) is 11.5 Å². The number of amidine groups is 1. The van der Waals surface area contributed by atoms with Crippen molar-refractivity contribution in [1.82, 2.24) is 5.32 Å². The second-order valence-electron chi connectivity index (χ2n) is 6.23. The molecule has 2 aromatic rings. The number of benzene rings is 2. The molecule has 0 bridgehead atoms. The van der Waals surface area contributed by atoms with Gasteiger partial charge in [0, 0.05) is 5.02 Å². The van der Waals surface area contributed by atoms with E-state index in [1.165, 1.54) is 11.8 Å². The molecule has 3 rings (SSSR count). The average molecular weight is 508 g/mol. The molecule has 1 saturated heterocycles. The van der Waals surface area contributed by atoms with Crippen LogP contribution in [0.3, 0.4) is 0 Å². The van der Waals surface area contributed by atoms with Crippen molar-refractivity contribution >= 4 is 62.1 Å². The number of thioether (sulfide) groups is 1. The first-order valence-electron chi connectivity index (χ1n) is 9.17. The molecular formula is C22H20BrClN2O3S. The predicted octanol–water partition coefficient (Wildman–Crippen LogP) is 6.27. The molecule has 2 aromatic carbocycles. The summed E-state index contributed by atoms with van der Waals surface area (Å²) in [5, 5.41) is 3.94. The number of nitrogens with zero attached hydrogens (tertiary/aromatic N) is 1. The summed E-state index contributed by atoms with van der Waals surface area (Å²) >= 11 is 11.0. The predicted molar refractivity (Wildman–Crippen MR) is 128 cm³/mol. The molecule has 0 spiro atoms. The van der Waals surface area contributed by atoms with E-state index in [0.717, 1.165) is 21.3 Å². The molecule has 0 unspecified atom stereocenters. The monoisotopic (exact) mass is 506 g/mol. The lowest BCUT2D eigenvalue weighted by Crippen LogP contribution is -2.19. The third-order valence-electron chi connectivity index (χ3n) is 4.09.